The predicted octanol–water partition coefficient (Wildman–Crippen LogP) is 3.00. The van der Waals surface area contributed by atoms with Gasteiger partial charge in [0.2, 0.25) is 0 Å². The quantitative estimate of drug-likeness (QED) is 0.878. The summed E-state index contributed by atoms with van der Waals surface area (Å²) in [5, 5.41) is 6.96. The Labute approximate surface area is 99.6 Å². The lowest BCUT2D eigenvalue weighted by Gasteiger charge is -2.12. The van der Waals surface area contributed by atoms with Gasteiger partial charge in [-0.15, -0.1) is 0 Å². The first-order valence-electron chi connectivity index (χ1n) is 5.58. The van der Waals surface area contributed by atoms with E-state index in [0.717, 1.165) is 17.1 Å². The van der Waals surface area contributed by atoms with E-state index < -0.39 is 0 Å². The highest BCUT2D eigenvalue weighted by molar-refractivity contribution is 9.10. The Balaban J connectivity index is 1.75. The lowest BCUT2D eigenvalue weighted by molar-refractivity contribution is 0.574. The Morgan fingerprint density at radius 1 is 1.40 bits per heavy atom. The molecule has 82 valence electrons. The van der Waals surface area contributed by atoms with Gasteiger partial charge < -0.3 is 10.6 Å². The maximum Gasteiger partial charge on any atom is 0.0484 e. The molecule has 0 spiro atoms. The van der Waals surface area contributed by atoms with Crippen LogP contribution in [-0.4, -0.2) is 19.1 Å². The summed E-state index contributed by atoms with van der Waals surface area (Å²) in [5.41, 5.74) is 1.19. The second-order valence-electron chi connectivity index (χ2n) is 3.99. The van der Waals surface area contributed by atoms with E-state index in [4.69, 9.17) is 0 Å². The number of hydrogen-bond donors (Lipinski definition) is 2. The Morgan fingerprint density at radius 3 is 3.00 bits per heavy atom. The SMILES string of the molecule is Brc1ccccc1NCCC1CCCN1. The minimum absolute atomic E-state index is 0.722. The Bertz CT molecular complexity index is 308. The predicted molar refractivity (Wildman–Crippen MR) is 68.3 cm³/mol. The molecule has 2 N–H and O–H groups in total. The van der Waals surface area contributed by atoms with Gasteiger partial charge in [-0.2, -0.15) is 0 Å². The summed E-state index contributed by atoms with van der Waals surface area (Å²) >= 11 is 3.53. The van der Waals surface area contributed by atoms with Gasteiger partial charge in [-0.3, -0.25) is 0 Å². The van der Waals surface area contributed by atoms with Crippen molar-refractivity contribution in [2.75, 3.05) is 18.4 Å². The largest absolute Gasteiger partial charge is 0.384 e. The summed E-state index contributed by atoms with van der Waals surface area (Å²) in [7, 11) is 0. The number of hydrogen-bond acceptors (Lipinski definition) is 2. The molecule has 1 aliphatic rings. The molecule has 1 atom stereocenters. The molecule has 0 saturated carbocycles. The van der Waals surface area contributed by atoms with E-state index in [0.29, 0.717) is 0 Å². The third kappa shape index (κ3) is 3.21. The molecule has 1 aromatic carbocycles. The molecule has 1 unspecified atom stereocenters. The zero-order chi connectivity index (χ0) is 10.5. The molecule has 15 heavy (non-hydrogen) atoms. The lowest BCUT2D eigenvalue weighted by atomic mass is 10.1. The van der Waals surface area contributed by atoms with E-state index in [1.54, 1.807) is 0 Å². The van der Waals surface area contributed by atoms with Gasteiger partial charge in [0.15, 0.2) is 0 Å². The van der Waals surface area contributed by atoms with Gasteiger partial charge in [-0.05, 0) is 53.9 Å². The van der Waals surface area contributed by atoms with Gasteiger partial charge in [0.1, 0.15) is 0 Å². The fraction of sp³-hybridized carbons (Fsp3) is 0.500. The second-order valence-corrected chi connectivity index (χ2v) is 4.84. The number of halogens is 1. The number of nitrogens with one attached hydrogen (secondary N) is 2. The summed E-state index contributed by atoms with van der Waals surface area (Å²) in [6, 6.07) is 8.98. The zero-order valence-electron chi connectivity index (χ0n) is 8.80. The number of para-hydroxylation sites is 1. The molecule has 2 rings (SSSR count). The first-order valence-corrected chi connectivity index (χ1v) is 6.37. The molecule has 1 aromatic rings. The van der Waals surface area contributed by atoms with Gasteiger partial charge in [-0.25, -0.2) is 0 Å². The van der Waals surface area contributed by atoms with Crippen LogP contribution in [0.4, 0.5) is 5.69 Å². The van der Waals surface area contributed by atoms with E-state index in [2.05, 4.69) is 44.8 Å². The normalized spacial score (nSPS) is 20.5. The van der Waals surface area contributed by atoms with Crippen molar-refractivity contribution in [3.8, 4) is 0 Å². The van der Waals surface area contributed by atoms with Crippen LogP contribution in [0.2, 0.25) is 0 Å². The van der Waals surface area contributed by atoms with Crippen molar-refractivity contribution in [3.63, 3.8) is 0 Å². The summed E-state index contributed by atoms with van der Waals surface area (Å²) in [4.78, 5) is 0. The summed E-state index contributed by atoms with van der Waals surface area (Å²) < 4.78 is 1.14. The van der Waals surface area contributed by atoms with Crippen LogP contribution in [0.1, 0.15) is 19.3 Å². The van der Waals surface area contributed by atoms with Gasteiger partial charge in [-0.1, -0.05) is 12.1 Å². The van der Waals surface area contributed by atoms with E-state index in [-0.39, 0.29) is 0 Å². The van der Waals surface area contributed by atoms with Crippen molar-refractivity contribution in [2.45, 2.75) is 25.3 Å². The molecule has 0 aromatic heterocycles. The first-order chi connectivity index (χ1) is 7.36. The van der Waals surface area contributed by atoms with Crippen LogP contribution in [-0.2, 0) is 0 Å². The summed E-state index contributed by atoms with van der Waals surface area (Å²) in [6.07, 6.45) is 3.87. The lowest BCUT2D eigenvalue weighted by Crippen LogP contribution is -2.24. The fourth-order valence-corrected chi connectivity index (χ4v) is 2.41. The molecule has 0 aliphatic carbocycles. The highest BCUT2D eigenvalue weighted by Crippen LogP contribution is 2.21. The van der Waals surface area contributed by atoms with Gasteiger partial charge >= 0.3 is 0 Å². The van der Waals surface area contributed by atoms with Gasteiger partial charge in [0, 0.05) is 22.7 Å². The molecule has 1 fully saturated rings. The van der Waals surface area contributed by atoms with Crippen LogP contribution in [0.3, 0.4) is 0 Å². The van der Waals surface area contributed by atoms with Crippen LogP contribution >= 0.6 is 15.9 Å². The molecule has 1 saturated heterocycles. The Kier molecular flexibility index (Phi) is 4.03. The second kappa shape index (κ2) is 5.52. The van der Waals surface area contributed by atoms with E-state index in [1.807, 2.05) is 6.07 Å². The number of rotatable bonds is 4. The minimum atomic E-state index is 0.722. The van der Waals surface area contributed by atoms with Crippen LogP contribution in [0, 0.1) is 0 Å². The molecule has 1 heterocycles. The highest BCUT2D eigenvalue weighted by Gasteiger charge is 2.12. The average molecular weight is 269 g/mol. The van der Waals surface area contributed by atoms with Crippen molar-refractivity contribution >= 4 is 21.6 Å². The van der Waals surface area contributed by atoms with Crippen LogP contribution < -0.4 is 10.6 Å². The number of benzene rings is 1. The van der Waals surface area contributed by atoms with Crippen molar-refractivity contribution in [3.05, 3.63) is 28.7 Å². The van der Waals surface area contributed by atoms with Crippen LogP contribution in [0.25, 0.3) is 0 Å². The molecule has 0 amide bonds. The first kappa shape index (κ1) is 11.0. The fourth-order valence-electron chi connectivity index (χ4n) is 1.99. The molecule has 0 radical (unpaired) electrons. The van der Waals surface area contributed by atoms with Crippen molar-refractivity contribution in [1.82, 2.24) is 5.32 Å². The van der Waals surface area contributed by atoms with Crippen molar-refractivity contribution in [1.29, 1.82) is 0 Å². The maximum atomic E-state index is 3.53. The molecule has 2 nitrogen and oxygen atoms in total. The van der Waals surface area contributed by atoms with Crippen LogP contribution in [0.15, 0.2) is 28.7 Å². The van der Waals surface area contributed by atoms with Crippen LogP contribution in [0.5, 0.6) is 0 Å². The smallest absolute Gasteiger partial charge is 0.0484 e. The third-order valence-electron chi connectivity index (χ3n) is 2.84. The summed E-state index contributed by atoms with van der Waals surface area (Å²) in [5.74, 6) is 0. The average Bonchev–Trinajstić information content (AvgIpc) is 2.74. The molecular formula is C12H17BrN2. The molecular weight excluding hydrogens is 252 g/mol. The molecule has 3 heteroatoms. The third-order valence-corrected chi connectivity index (χ3v) is 3.54. The zero-order valence-corrected chi connectivity index (χ0v) is 10.4. The minimum Gasteiger partial charge on any atom is -0.384 e. The standard InChI is InChI=1S/C12H17BrN2/c13-11-5-1-2-6-12(11)15-9-7-10-4-3-8-14-10/h1-2,5-6,10,14-15H,3-4,7-9H2. The van der Waals surface area contributed by atoms with Gasteiger partial charge in [0.25, 0.3) is 0 Å². The topological polar surface area (TPSA) is 24.1 Å². The molecule has 1 aliphatic heterocycles. The number of anilines is 1. The highest BCUT2D eigenvalue weighted by atomic mass is 79.9. The monoisotopic (exact) mass is 268 g/mol. The maximum absolute atomic E-state index is 3.53. The van der Waals surface area contributed by atoms with E-state index in [9.17, 15) is 0 Å². The van der Waals surface area contributed by atoms with Gasteiger partial charge in [0.05, 0.1) is 0 Å². The Morgan fingerprint density at radius 2 is 2.27 bits per heavy atom. The summed E-state index contributed by atoms with van der Waals surface area (Å²) in [6.45, 7) is 2.24. The van der Waals surface area contributed by atoms with E-state index in [1.165, 1.54) is 31.5 Å². The Hall–Kier alpha value is -0.540. The van der Waals surface area contributed by atoms with E-state index >= 15 is 0 Å². The van der Waals surface area contributed by atoms with Crippen molar-refractivity contribution in [2.24, 2.45) is 0 Å². The molecule has 0 bridgehead atoms. The van der Waals surface area contributed by atoms with Crippen molar-refractivity contribution < 1.29 is 0 Å².